The van der Waals surface area contributed by atoms with Crippen LogP contribution in [0.2, 0.25) is 13.1 Å². The molecule has 22 heavy (non-hydrogen) atoms. The molecule has 6 heteroatoms. The van der Waals surface area contributed by atoms with Gasteiger partial charge in [0.1, 0.15) is 0 Å². The van der Waals surface area contributed by atoms with E-state index in [1.165, 1.54) is 5.19 Å². The topological polar surface area (TPSA) is 39.8 Å². The molecule has 0 aliphatic carbocycles. The van der Waals surface area contributed by atoms with Gasteiger partial charge in [0.2, 0.25) is 0 Å². The van der Waals surface area contributed by atoms with Gasteiger partial charge in [-0.25, -0.2) is 0 Å². The molecule has 0 aliphatic rings. The summed E-state index contributed by atoms with van der Waals surface area (Å²) in [5, 5.41) is 1.52. The first-order chi connectivity index (χ1) is 9.77. The van der Waals surface area contributed by atoms with E-state index in [9.17, 15) is 0 Å². The molecule has 0 heterocycles. The predicted octanol–water partition coefficient (Wildman–Crippen LogP) is 4.29. The van der Waals surface area contributed by atoms with Gasteiger partial charge in [-0.2, -0.15) is 0 Å². The molecule has 0 atom stereocenters. The summed E-state index contributed by atoms with van der Waals surface area (Å²) in [5.41, 5.74) is 0. The smallest absolute Gasteiger partial charge is 0 e. The van der Waals surface area contributed by atoms with Crippen molar-refractivity contribution in [1.29, 1.82) is 0 Å². The Morgan fingerprint density at radius 2 is 0.955 bits per heavy atom. The molecule has 0 unspecified atom stereocenters. The van der Waals surface area contributed by atoms with Crippen molar-refractivity contribution in [3.63, 3.8) is 0 Å². The second-order valence-corrected chi connectivity index (χ2v) is 13.0. The first-order valence-corrected chi connectivity index (χ1v) is 14.1. The van der Waals surface area contributed by atoms with Crippen LogP contribution in [0.1, 0.15) is 0 Å². The summed E-state index contributed by atoms with van der Waals surface area (Å²) in [6.07, 6.45) is 0. The van der Waals surface area contributed by atoms with Crippen molar-refractivity contribution < 1.29 is 29.4 Å². The van der Waals surface area contributed by atoms with E-state index >= 15 is 0 Å². The fourth-order valence-electron chi connectivity index (χ4n) is 0.771. The molecule has 0 N–H and O–H groups in total. The third kappa shape index (κ3) is 49.9. The number of hydrogen-bond acceptors (Lipinski definition) is 0. The van der Waals surface area contributed by atoms with Crippen molar-refractivity contribution in [3.8, 4) is 0 Å². The maximum absolute atomic E-state index is 7.50. The fourth-order valence-corrected chi connectivity index (χ4v) is 1.63. The van der Waals surface area contributed by atoms with Crippen molar-refractivity contribution in [2.75, 3.05) is 40.0 Å². The first kappa shape index (κ1) is 33.9. The van der Waals surface area contributed by atoms with Crippen LogP contribution >= 0.6 is 15.8 Å². The predicted molar refractivity (Wildman–Crippen MR) is 101 cm³/mol. The molecular weight excluding hydrogens is 506 g/mol. The zero-order valence-corrected chi connectivity index (χ0v) is 20.1. The summed E-state index contributed by atoms with van der Waals surface area (Å²) in [6.45, 7) is 27.0. The first-order valence-electron chi connectivity index (χ1n) is 6.25. The Kier molecular flexibility index (Phi) is 45.4. The van der Waals surface area contributed by atoms with Crippen molar-refractivity contribution in [2.45, 2.75) is 13.1 Å². The summed E-state index contributed by atoms with van der Waals surface area (Å²) in [7, 11) is 0.547. The van der Waals surface area contributed by atoms with Crippen LogP contribution in [-0.2, 0) is 29.4 Å². The standard InChI is InChI=1S/C8H11Si.2C3H9P.2CO.Ir/c1-9(2)8-6-4-3-5-7-8;2*1-4(2)3;2*1-2;/h3-7H,1-2H3;2*1-3H3;;;. The molecule has 2 radical (unpaired) electrons. The van der Waals surface area contributed by atoms with E-state index in [2.05, 4.69) is 96.7 Å². The van der Waals surface area contributed by atoms with Crippen LogP contribution in [0.4, 0.5) is 0 Å². The summed E-state index contributed by atoms with van der Waals surface area (Å²) in [4.78, 5) is 0. The maximum Gasteiger partial charge on any atom is 0 e. The Morgan fingerprint density at radius 1 is 0.727 bits per heavy atom. The van der Waals surface area contributed by atoms with Crippen molar-refractivity contribution >= 4 is 29.8 Å². The number of rotatable bonds is 1. The molecule has 0 amide bonds. The van der Waals surface area contributed by atoms with Crippen LogP contribution < -0.4 is 5.19 Å². The minimum Gasteiger partial charge on any atom is 0 e. The van der Waals surface area contributed by atoms with E-state index in [-0.39, 0.29) is 28.9 Å². The van der Waals surface area contributed by atoms with Crippen LogP contribution in [0, 0.1) is 13.3 Å². The Balaban J connectivity index is -0.0000000638. The van der Waals surface area contributed by atoms with Gasteiger partial charge in [-0.1, -0.05) is 48.6 Å². The van der Waals surface area contributed by atoms with E-state index in [0.29, 0.717) is 15.8 Å². The van der Waals surface area contributed by atoms with Gasteiger partial charge in [0, 0.05) is 20.1 Å². The molecule has 0 aromatic heterocycles. The van der Waals surface area contributed by atoms with E-state index in [1.807, 2.05) is 0 Å². The average Bonchev–Trinajstić information content (AvgIpc) is 2.43. The summed E-state index contributed by atoms with van der Waals surface area (Å²) >= 11 is 0. The Morgan fingerprint density at radius 3 is 1.09 bits per heavy atom. The van der Waals surface area contributed by atoms with Gasteiger partial charge in [0.25, 0.3) is 0 Å². The van der Waals surface area contributed by atoms with Gasteiger partial charge in [0.15, 0.2) is 0 Å². The second kappa shape index (κ2) is 29.4. The molecule has 128 valence electrons. The molecule has 0 bridgehead atoms. The third-order valence-electron chi connectivity index (χ3n) is 1.35. The molecule has 0 aliphatic heterocycles. The van der Waals surface area contributed by atoms with Gasteiger partial charge in [-0.15, -0.1) is 15.8 Å². The Bertz CT molecular complexity index is 311. The van der Waals surface area contributed by atoms with Crippen LogP contribution in [0.5, 0.6) is 0 Å². The SMILES string of the molecule is CP(C)C.CP(C)C.C[Si](C)c1ccccc1.[C-]#[O+].[C-]#[O+].[Ir]. The quantitative estimate of drug-likeness (QED) is 0.223. The van der Waals surface area contributed by atoms with Crippen LogP contribution in [0.25, 0.3) is 0 Å². The molecule has 2 nitrogen and oxygen atoms in total. The van der Waals surface area contributed by atoms with Gasteiger partial charge in [-0.05, 0) is 40.0 Å². The minimum absolute atomic E-state index is 0. The van der Waals surface area contributed by atoms with Crippen LogP contribution in [-0.4, -0.2) is 48.8 Å². The van der Waals surface area contributed by atoms with Gasteiger partial charge in [0.05, 0.1) is 8.80 Å². The Labute approximate surface area is 155 Å². The Hall–Kier alpha value is 0.426. The molecule has 0 fully saturated rings. The van der Waals surface area contributed by atoms with Crippen molar-refractivity contribution in [2.24, 2.45) is 0 Å². The largest absolute Gasteiger partial charge is 0 e. The number of hydrogen-bond donors (Lipinski definition) is 0. The van der Waals surface area contributed by atoms with E-state index in [4.69, 9.17) is 9.30 Å². The molecule has 1 rings (SSSR count). The number of benzene rings is 1. The summed E-state index contributed by atoms with van der Waals surface area (Å²) < 4.78 is 15.0. The van der Waals surface area contributed by atoms with E-state index < -0.39 is 0 Å². The molecular formula is C16H29IrO2P2Si. The maximum atomic E-state index is 7.50. The van der Waals surface area contributed by atoms with E-state index in [1.54, 1.807) is 0 Å². The molecule has 0 spiro atoms. The van der Waals surface area contributed by atoms with Crippen molar-refractivity contribution in [1.82, 2.24) is 0 Å². The molecule has 0 saturated carbocycles. The fraction of sp³-hybridized carbons (Fsp3) is 0.500. The normalized spacial score (nSPS) is 7.59. The van der Waals surface area contributed by atoms with Crippen LogP contribution in [0.3, 0.4) is 0 Å². The monoisotopic (exact) mass is 536 g/mol. The molecule has 1 aromatic rings. The zero-order chi connectivity index (χ0) is 17.8. The second-order valence-electron chi connectivity index (χ2n) is 5.05. The van der Waals surface area contributed by atoms with Gasteiger partial charge in [-0.3, -0.25) is 0 Å². The molecule has 0 saturated heterocycles. The zero-order valence-electron chi connectivity index (χ0n) is 14.9. The summed E-state index contributed by atoms with van der Waals surface area (Å²) in [6, 6.07) is 10.7. The third-order valence-corrected chi connectivity index (χ3v) is 2.84. The average molecular weight is 536 g/mol. The van der Waals surface area contributed by atoms with Gasteiger partial charge >= 0.3 is 22.6 Å². The summed E-state index contributed by atoms with van der Waals surface area (Å²) in [5.74, 6) is 0. The van der Waals surface area contributed by atoms with Gasteiger partial charge < -0.3 is 0 Å². The molecule has 1 aromatic carbocycles. The minimum atomic E-state index is -0.212. The van der Waals surface area contributed by atoms with Crippen molar-refractivity contribution in [3.05, 3.63) is 43.6 Å². The van der Waals surface area contributed by atoms with E-state index in [0.717, 1.165) is 0 Å². The van der Waals surface area contributed by atoms with Crippen LogP contribution in [0.15, 0.2) is 30.3 Å².